The first-order chi connectivity index (χ1) is 17.7. The summed E-state index contributed by atoms with van der Waals surface area (Å²) >= 11 is 0. The van der Waals surface area contributed by atoms with Crippen LogP contribution in [0.3, 0.4) is 0 Å². The Balaban J connectivity index is 0.954. The van der Waals surface area contributed by atoms with E-state index in [1.165, 1.54) is 17.5 Å². The lowest BCUT2D eigenvalue weighted by molar-refractivity contribution is -0.136. The third-order valence-electron chi connectivity index (χ3n) is 8.46. The summed E-state index contributed by atoms with van der Waals surface area (Å²) in [6.07, 6.45) is 10.4. The van der Waals surface area contributed by atoms with E-state index in [1.54, 1.807) is 12.4 Å². The topological polar surface area (TPSA) is 66.6 Å². The van der Waals surface area contributed by atoms with Crippen LogP contribution in [0.2, 0.25) is 0 Å². The zero-order chi connectivity index (χ0) is 24.1. The Hall–Kier alpha value is -3.58. The molecule has 2 aliphatic heterocycles. The molecule has 0 radical (unpaired) electrons. The number of carbonyl (C=O) groups excluding carboxylic acids is 1. The van der Waals surface area contributed by atoms with Gasteiger partial charge in [-0.2, -0.15) is 5.10 Å². The van der Waals surface area contributed by atoms with Crippen molar-refractivity contribution >= 4 is 11.4 Å². The Bertz CT molecular complexity index is 1380. The maximum atomic E-state index is 13.0. The van der Waals surface area contributed by atoms with Crippen LogP contribution in [-0.4, -0.2) is 61.5 Å². The van der Waals surface area contributed by atoms with Gasteiger partial charge in [0.05, 0.1) is 17.6 Å². The molecule has 1 spiro atoms. The van der Waals surface area contributed by atoms with E-state index < -0.39 is 0 Å². The average Bonchev–Trinajstić information content (AvgIpc) is 3.51. The van der Waals surface area contributed by atoms with Crippen molar-refractivity contribution in [2.45, 2.75) is 38.1 Å². The predicted molar refractivity (Wildman–Crippen MR) is 137 cm³/mol. The van der Waals surface area contributed by atoms with Crippen LogP contribution >= 0.6 is 0 Å². The molecule has 182 valence electrons. The third-order valence-corrected chi connectivity index (χ3v) is 8.46. The molecular weight excluding hydrogens is 448 g/mol. The first-order valence-electron chi connectivity index (χ1n) is 13.0. The molecule has 7 heteroatoms. The number of hydrogen-bond acceptors (Lipinski definition) is 5. The van der Waals surface area contributed by atoms with E-state index in [-0.39, 0.29) is 5.91 Å². The molecule has 2 fully saturated rings. The molecule has 0 bridgehead atoms. The fourth-order valence-electron chi connectivity index (χ4n) is 6.49. The van der Waals surface area contributed by atoms with Gasteiger partial charge in [-0.05, 0) is 72.6 Å². The van der Waals surface area contributed by atoms with Crippen LogP contribution < -0.4 is 0 Å². The summed E-state index contributed by atoms with van der Waals surface area (Å²) in [6, 6.07) is 17.1. The molecule has 3 aromatic heterocycles. The molecule has 1 unspecified atom stereocenters. The number of aryl methyl sites for hydroxylation is 1. The summed E-state index contributed by atoms with van der Waals surface area (Å²) in [5.41, 5.74) is 6.29. The highest BCUT2D eigenvalue weighted by molar-refractivity contribution is 5.79. The smallest absolute Gasteiger partial charge is 0.228 e. The Morgan fingerprint density at radius 1 is 1.00 bits per heavy atom. The second-order valence-electron chi connectivity index (χ2n) is 10.7. The molecule has 4 aromatic rings. The standard InChI is InChI=1S/C29H30N6O/c36-27(18-23-17-24-4-1-2-13-35(24)32-23)33-14-9-29(10-15-33)19-34(20-29)26-8-6-21-16-22(5-7-25(21)26)28-30-11-3-12-31-28/h1-5,7,11-13,16-17,26H,6,8-10,14-15,18-20H2. The molecule has 2 saturated heterocycles. The van der Waals surface area contributed by atoms with Crippen molar-refractivity contribution in [1.29, 1.82) is 0 Å². The number of nitrogens with zero attached hydrogens (tertiary/aromatic N) is 6. The molecule has 1 aliphatic carbocycles. The highest BCUT2D eigenvalue weighted by atomic mass is 16.2. The molecule has 7 nitrogen and oxygen atoms in total. The normalized spacial score (nSPS) is 21.0. The minimum absolute atomic E-state index is 0.201. The maximum absolute atomic E-state index is 13.0. The summed E-state index contributed by atoms with van der Waals surface area (Å²) in [4.78, 5) is 26.5. The number of fused-ring (bicyclic) bond motifs is 2. The van der Waals surface area contributed by atoms with Crippen molar-refractivity contribution in [3.05, 3.63) is 83.9 Å². The van der Waals surface area contributed by atoms with Gasteiger partial charge in [0.25, 0.3) is 0 Å². The third kappa shape index (κ3) is 3.78. The van der Waals surface area contributed by atoms with E-state index in [0.29, 0.717) is 17.9 Å². The van der Waals surface area contributed by atoms with Crippen molar-refractivity contribution in [1.82, 2.24) is 29.4 Å². The summed E-state index contributed by atoms with van der Waals surface area (Å²) in [5, 5.41) is 4.55. The number of piperidine rings is 1. The molecule has 0 saturated carbocycles. The summed E-state index contributed by atoms with van der Waals surface area (Å²) in [6.45, 7) is 4.02. The van der Waals surface area contributed by atoms with Crippen LogP contribution in [0.4, 0.5) is 0 Å². The van der Waals surface area contributed by atoms with Crippen molar-refractivity contribution in [2.24, 2.45) is 5.41 Å². The summed E-state index contributed by atoms with van der Waals surface area (Å²) in [5.74, 6) is 1.00. The number of carbonyl (C=O) groups is 1. The van der Waals surface area contributed by atoms with Gasteiger partial charge in [0.2, 0.25) is 5.91 Å². The molecule has 5 heterocycles. The van der Waals surface area contributed by atoms with Crippen molar-refractivity contribution in [2.75, 3.05) is 26.2 Å². The van der Waals surface area contributed by atoms with E-state index >= 15 is 0 Å². The minimum Gasteiger partial charge on any atom is -0.342 e. The molecular formula is C29H30N6O. The van der Waals surface area contributed by atoms with Crippen LogP contribution in [0, 0.1) is 5.41 Å². The van der Waals surface area contributed by atoms with Crippen LogP contribution in [0.1, 0.15) is 42.1 Å². The molecule has 36 heavy (non-hydrogen) atoms. The highest BCUT2D eigenvalue weighted by Crippen LogP contribution is 2.48. The number of rotatable bonds is 4. The fraction of sp³-hybridized carbons (Fsp3) is 0.379. The van der Waals surface area contributed by atoms with Crippen LogP contribution in [0.25, 0.3) is 16.9 Å². The van der Waals surface area contributed by atoms with Gasteiger partial charge in [-0.25, -0.2) is 14.5 Å². The highest BCUT2D eigenvalue weighted by Gasteiger charge is 2.48. The van der Waals surface area contributed by atoms with E-state index in [1.807, 2.05) is 41.0 Å². The lowest BCUT2D eigenvalue weighted by Crippen LogP contribution is -2.61. The molecule has 3 aliphatic rings. The Labute approximate surface area is 210 Å². The number of benzene rings is 1. The largest absolute Gasteiger partial charge is 0.342 e. The minimum atomic E-state index is 0.201. The van der Waals surface area contributed by atoms with E-state index in [4.69, 9.17) is 0 Å². The van der Waals surface area contributed by atoms with E-state index in [9.17, 15) is 4.79 Å². The molecule has 1 aromatic carbocycles. The van der Waals surface area contributed by atoms with Crippen molar-refractivity contribution in [3.8, 4) is 11.4 Å². The van der Waals surface area contributed by atoms with Crippen LogP contribution in [0.15, 0.2) is 67.1 Å². The fourth-order valence-corrected chi connectivity index (χ4v) is 6.49. The van der Waals surface area contributed by atoms with Gasteiger partial charge in [0, 0.05) is 56.4 Å². The second-order valence-corrected chi connectivity index (χ2v) is 10.7. The molecule has 7 rings (SSSR count). The quantitative estimate of drug-likeness (QED) is 0.444. The molecule has 1 atom stereocenters. The maximum Gasteiger partial charge on any atom is 0.228 e. The number of hydrogen-bond donors (Lipinski definition) is 0. The van der Waals surface area contributed by atoms with Gasteiger partial charge in [-0.15, -0.1) is 0 Å². The van der Waals surface area contributed by atoms with Gasteiger partial charge in [-0.1, -0.05) is 18.2 Å². The summed E-state index contributed by atoms with van der Waals surface area (Å²) < 4.78 is 1.84. The summed E-state index contributed by atoms with van der Waals surface area (Å²) in [7, 11) is 0. The van der Waals surface area contributed by atoms with Gasteiger partial charge in [-0.3, -0.25) is 9.69 Å². The lowest BCUT2D eigenvalue weighted by atomic mass is 9.71. The van der Waals surface area contributed by atoms with Gasteiger partial charge >= 0.3 is 0 Å². The van der Waals surface area contributed by atoms with Gasteiger partial charge < -0.3 is 4.90 Å². The predicted octanol–water partition coefficient (Wildman–Crippen LogP) is 3.95. The zero-order valence-electron chi connectivity index (χ0n) is 20.4. The van der Waals surface area contributed by atoms with E-state index in [0.717, 1.165) is 68.0 Å². The zero-order valence-corrected chi connectivity index (χ0v) is 20.4. The van der Waals surface area contributed by atoms with Crippen LogP contribution in [0.5, 0.6) is 0 Å². The Morgan fingerprint density at radius 2 is 1.83 bits per heavy atom. The molecule has 1 amide bonds. The first-order valence-corrected chi connectivity index (χ1v) is 13.0. The number of aromatic nitrogens is 4. The van der Waals surface area contributed by atoms with E-state index in [2.05, 4.69) is 43.1 Å². The number of amides is 1. The van der Waals surface area contributed by atoms with Crippen LogP contribution in [-0.2, 0) is 17.6 Å². The van der Waals surface area contributed by atoms with Gasteiger partial charge in [0.1, 0.15) is 0 Å². The SMILES string of the molecule is O=C(Cc1cc2ccccn2n1)N1CCC2(CC1)CN(C1CCc3cc(-c4ncccn4)ccc31)C2. The average molecular weight is 479 g/mol. The van der Waals surface area contributed by atoms with Gasteiger partial charge in [0.15, 0.2) is 5.82 Å². The monoisotopic (exact) mass is 478 g/mol. The second kappa shape index (κ2) is 8.52. The number of pyridine rings is 1. The van der Waals surface area contributed by atoms with Crippen molar-refractivity contribution < 1.29 is 4.79 Å². The Morgan fingerprint density at radius 3 is 2.64 bits per heavy atom. The lowest BCUT2D eigenvalue weighted by Gasteiger charge is -2.56. The first kappa shape index (κ1) is 21.7. The van der Waals surface area contributed by atoms with Crippen molar-refractivity contribution in [3.63, 3.8) is 0 Å². The Kier molecular flexibility index (Phi) is 5.13. The molecule has 0 N–H and O–H groups in total. The number of likely N-dealkylation sites (tertiary alicyclic amines) is 2.